The highest BCUT2D eigenvalue weighted by atomic mass is 32.2. The lowest BCUT2D eigenvalue weighted by Crippen LogP contribution is -2.41. The van der Waals surface area contributed by atoms with Gasteiger partial charge in [-0.2, -0.15) is 0 Å². The van der Waals surface area contributed by atoms with Gasteiger partial charge in [-0.1, -0.05) is 42.5 Å². The van der Waals surface area contributed by atoms with E-state index in [0.717, 1.165) is 21.9 Å². The fourth-order valence-electron chi connectivity index (χ4n) is 3.86. The summed E-state index contributed by atoms with van der Waals surface area (Å²) in [7, 11) is 4.70. The summed E-state index contributed by atoms with van der Waals surface area (Å²) in [6.45, 7) is 0.126. The molecule has 7 heteroatoms. The highest BCUT2D eigenvalue weighted by Crippen LogP contribution is 2.43. The quantitative estimate of drug-likeness (QED) is 0.546. The molecule has 0 bridgehead atoms. The van der Waals surface area contributed by atoms with Crippen molar-refractivity contribution in [3.8, 4) is 17.2 Å². The molecule has 166 valence electrons. The van der Waals surface area contributed by atoms with Crippen LogP contribution in [0.5, 0.6) is 17.2 Å². The van der Waals surface area contributed by atoms with Gasteiger partial charge < -0.3 is 24.4 Å². The molecule has 1 N–H and O–H groups in total. The van der Waals surface area contributed by atoms with E-state index in [1.54, 1.807) is 45.2 Å². The molecule has 1 aliphatic rings. The van der Waals surface area contributed by atoms with Gasteiger partial charge in [0.15, 0.2) is 11.5 Å². The molecule has 3 aromatic rings. The number of para-hydroxylation sites is 1. The van der Waals surface area contributed by atoms with Gasteiger partial charge in [0.2, 0.25) is 11.7 Å². The SMILES string of the molecule is COc1cc(NCC(=O)N2c3ccccc3SC[C@@H]2c2ccccc2)cc(OC)c1OC. The van der Waals surface area contributed by atoms with Crippen LogP contribution in [0.1, 0.15) is 11.6 Å². The van der Waals surface area contributed by atoms with Crippen LogP contribution < -0.4 is 24.4 Å². The van der Waals surface area contributed by atoms with Crippen molar-refractivity contribution in [2.45, 2.75) is 10.9 Å². The predicted octanol–water partition coefficient (Wildman–Crippen LogP) is 5.00. The molecule has 0 saturated heterocycles. The maximum atomic E-state index is 13.5. The van der Waals surface area contributed by atoms with Crippen molar-refractivity contribution in [3.63, 3.8) is 0 Å². The molecule has 1 heterocycles. The standard InChI is InChI=1S/C25H26N2O4S/c1-29-21-13-18(14-22(30-2)25(21)31-3)26-15-24(28)27-19-11-7-8-12-23(19)32-16-20(27)17-9-5-4-6-10-17/h4-14,20,26H,15-16H2,1-3H3/t20-/m1/s1. The van der Waals surface area contributed by atoms with Crippen molar-refractivity contribution < 1.29 is 19.0 Å². The first-order valence-electron chi connectivity index (χ1n) is 10.3. The molecule has 0 radical (unpaired) electrons. The van der Waals surface area contributed by atoms with Crippen LogP contribution in [0.15, 0.2) is 71.6 Å². The average Bonchev–Trinajstić information content (AvgIpc) is 2.86. The minimum Gasteiger partial charge on any atom is -0.493 e. The van der Waals surface area contributed by atoms with Crippen LogP contribution in [0.25, 0.3) is 0 Å². The molecule has 32 heavy (non-hydrogen) atoms. The number of nitrogens with one attached hydrogen (secondary N) is 1. The Kier molecular flexibility index (Phi) is 6.75. The third-order valence-corrected chi connectivity index (χ3v) is 6.53. The maximum absolute atomic E-state index is 13.5. The van der Waals surface area contributed by atoms with Crippen LogP contribution in [0, 0.1) is 0 Å². The first-order valence-corrected chi connectivity index (χ1v) is 11.3. The number of methoxy groups -OCH3 is 3. The molecule has 3 aromatic carbocycles. The van der Waals surface area contributed by atoms with E-state index in [1.165, 1.54) is 0 Å². The number of anilines is 2. The number of amides is 1. The molecule has 4 rings (SSSR count). The van der Waals surface area contributed by atoms with Crippen LogP contribution >= 0.6 is 11.8 Å². The molecule has 0 fully saturated rings. The van der Waals surface area contributed by atoms with E-state index in [0.29, 0.717) is 22.9 Å². The highest BCUT2D eigenvalue weighted by molar-refractivity contribution is 7.99. The van der Waals surface area contributed by atoms with Crippen LogP contribution in [-0.2, 0) is 4.79 Å². The van der Waals surface area contributed by atoms with E-state index in [9.17, 15) is 4.79 Å². The lowest BCUT2D eigenvalue weighted by molar-refractivity contribution is -0.117. The Balaban J connectivity index is 1.61. The first kappa shape index (κ1) is 21.9. The van der Waals surface area contributed by atoms with Crippen LogP contribution in [0.2, 0.25) is 0 Å². The molecule has 0 saturated carbocycles. The second kappa shape index (κ2) is 9.87. The molecule has 0 aliphatic carbocycles. The minimum absolute atomic E-state index is 0.0136. The van der Waals surface area contributed by atoms with Gasteiger partial charge in [-0.3, -0.25) is 4.79 Å². The predicted molar refractivity (Wildman–Crippen MR) is 128 cm³/mol. The second-order valence-electron chi connectivity index (χ2n) is 7.24. The van der Waals surface area contributed by atoms with E-state index < -0.39 is 0 Å². The normalized spacial score (nSPS) is 15.0. The van der Waals surface area contributed by atoms with E-state index in [-0.39, 0.29) is 18.5 Å². The summed E-state index contributed by atoms with van der Waals surface area (Å²) in [5.41, 5.74) is 2.77. The van der Waals surface area contributed by atoms with E-state index >= 15 is 0 Å². The summed E-state index contributed by atoms with van der Waals surface area (Å²) in [6.07, 6.45) is 0. The summed E-state index contributed by atoms with van der Waals surface area (Å²) in [4.78, 5) is 16.5. The fourth-order valence-corrected chi connectivity index (χ4v) is 5.03. The topological polar surface area (TPSA) is 60.0 Å². The lowest BCUT2D eigenvalue weighted by Gasteiger charge is -2.37. The zero-order chi connectivity index (χ0) is 22.5. The van der Waals surface area contributed by atoms with Gasteiger partial charge in [0.05, 0.1) is 39.6 Å². The number of nitrogens with zero attached hydrogens (tertiary/aromatic N) is 1. The minimum atomic E-state index is -0.0367. The number of rotatable bonds is 7. The van der Waals surface area contributed by atoms with Gasteiger partial charge >= 0.3 is 0 Å². The van der Waals surface area contributed by atoms with Crippen LogP contribution in [0.3, 0.4) is 0 Å². The first-order chi connectivity index (χ1) is 15.7. The molecule has 0 unspecified atom stereocenters. The Morgan fingerprint density at radius 1 is 0.969 bits per heavy atom. The number of thioether (sulfide) groups is 1. The molecule has 1 atom stereocenters. The molecule has 0 spiro atoms. The number of hydrogen-bond acceptors (Lipinski definition) is 6. The van der Waals surface area contributed by atoms with Crippen molar-refractivity contribution in [2.75, 3.05) is 43.8 Å². The van der Waals surface area contributed by atoms with E-state index in [2.05, 4.69) is 23.5 Å². The third kappa shape index (κ3) is 4.34. The lowest BCUT2D eigenvalue weighted by atomic mass is 10.1. The van der Waals surface area contributed by atoms with Gasteiger partial charge in [0, 0.05) is 28.5 Å². The number of benzene rings is 3. The number of carbonyl (C=O) groups excluding carboxylic acids is 1. The Bertz CT molecular complexity index is 1070. The zero-order valence-corrected chi connectivity index (χ0v) is 19.1. The third-order valence-electron chi connectivity index (χ3n) is 5.39. The van der Waals surface area contributed by atoms with Crippen LogP contribution in [0.4, 0.5) is 11.4 Å². The van der Waals surface area contributed by atoms with Crippen molar-refractivity contribution in [2.24, 2.45) is 0 Å². The maximum Gasteiger partial charge on any atom is 0.246 e. The number of ether oxygens (including phenoxy) is 3. The summed E-state index contributed by atoms with van der Waals surface area (Å²) in [5, 5.41) is 3.23. The number of fused-ring (bicyclic) bond motifs is 1. The average molecular weight is 451 g/mol. The van der Waals surface area contributed by atoms with Crippen LogP contribution in [-0.4, -0.2) is 39.5 Å². The molecule has 6 nitrogen and oxygen atoms in total. The van der Waals surface area contributed by atoms with Crippen molar-refractivity contribution in [1.82, 2.24) is 0 Å². The zero-order valence-electron chi connectivity index (χ0n) is 18.3. The molecular weight excluding hydrogens is 424 g/mol. The molecule has 0 aromatic heterocycles. The van der Waals surface area contributed by atoms with Crippen molar-refractivity contribution in [1.29, 1.82) is 0 Å². The van der Waals surface area contributed by atoms with Gasteiger partial charge in [-0.25, -0.2) is 0 Å². The van der Waals surface area contributed by atoms with Gasteiger partial charge in [-0.15, -0.1) is 11.8 Å². The van der Waals surface area contributed by atoms with Gasteiger partial charge in [0.25, 0.3) is 0 Å². The summed E-state index contributed by atoms with van der Waals surface area (Å²) >= 11 is 1.78. The number of carbonyl (C=O) groups is 1. The molecule has 1 aliphatic heterocycles. The summed E-state index contributed by atoms with van der Waals surface area (Å²) in [6, 6.07) is 21.8. The van der Waals surface area contributed by atoms with Gasteiger partial charge in [0.1, 0.15) is 0 Å². The molecule has 1 amide bonds. The number of hydrogen-bond donors (Lipinski definition) is 1. The Morgan fingerprint density at radius 2 is 1.62 bits per heavy atom. The van der Waals surface area contributed by atoms with Gasteiger partial charge in [-0.05, 0) is 17.7 Å². The summed E-state index contributed by atoms with van der Waals surface area (Å²) < 4.78 is 16.2. The smallest absolute Gasteiger partial charge is 0.246 e. The molecular formula is C25H26N2O4S. The Labute approximate surface area is 192 Å². The van der Waals surface area contributed by atoms with E-state index in [1.807, 2.05) is 41.3 Å². The largest absolute Gasteiger partial charge is 0.493 e. The summed E-state index contributed by atoms with van der Waals surface area (Å²) in [5.74, 6) is 2.36. The highest BCUT2D eigenvalue weighted by Gasteiger charge is 2.32. The Morgan fingerprint density at radius 3 is 2.28 bits per heavy atom. The Hall–Kier alpha value is -3.32. The second-order valence-corrected chi connectivity index (χ2v) is 8.30. The van der Waals surface area contributed by atoms with Crippen molar-refractivity contribution >= 4 is 29.0 Å². The monoisotopic (exact) mass is 450 g/mol. The van der Waals surface area contributed by atoms with E-state index in [4.69, 9.17) is 14.2 Å². The van der Waals surface area contributed by atoms with Crippen molar-refractivity contribution in [3.05, 3.63) is 72.3 Å². The fraction of sp³-hybridized carbons (Fsp3) is 0.240.